The van der Waals surface area contributed by atoms with Crippen molar-refractivity contribution in [3.63, 3.8) is 0 Å². The SMILES string of the molecule is C=CCn1c(SCC(=O)Nc2sc(C(=O)N(C)C)c(C)c2C(=O)OC)nnc1C(C)Oc1ccc(F)cc1F. The highest BCUT2D eigenvalue weighted by Gasteiger charge is 2.27. The minimum absolute atomic E-state index is 0.106. The minimum atomic E-state index is -0.853. The predicted octanol–water partition coefficient (Wildman–Crippen LogP) is 4.47. The van der Waals surface area contributed by atoms with E-state index in [1.54, 1.807) is 38.6 Å². The number of carbonyl (C=O) groups excluding carboxylic acids is 3. The first kappa shape index (κ1) is 29.8. The molecule has 39 heavy (non-hydrogen) atoms. The summed E-state index contributed by atoms with van der Waals surface area (Å²) >= 11 is 2.06. The summed E-state index contributed by atoms with van der Waals surface area (Å²) in [5, 5.41) is 11.5. The van der Waals surface area contributed by atoms with Gasteiger partial charge in [0.25, 0.3) is 5.91 Å². The van der Waals surface area contributed by atoms with E-state index in [-0.39, 0.29) is 34.5 Å². The lowest BCUT2D eigenvalue weighted by Gasteiger charge is -2.16. The first-order chi connectivity index (χ1) is 18.5. The van der Waals surface area contributed by atoms with Gasteiger partial charge in [0, 0.05) is 26.7 Å². The second kappa shape index (κ2) is 12.8. The third kappa shape index (κ3) is 6.81. The van der Waals surface area contributed by atoms with E-state index in [0.717, 1.165) is 35.2 Å². The van der Waals surface area contributed by atoms with Gasteiger partial charge < -0.3 is 19.7 Å². The lowest BCUT2D eigenvalue weighted by Crippen LogP contribution is -2.21. The molecular weight excluding hydrogens is 552 g/mol. The lowest BCUT2D eigenvalue weighted by atomic mass is 10.1. The van der Waals surface area contributed by atoms with Gasteiger partial charge >= 0.3 is 5.97 Å². The average Bonchev–Trinajstić information content (AvgIpc) is 3.43. The minimum Gasteiger partial charge on any atom is -0.480 e. The quantitative estimate of drug-likeness (QED) is 0.201. The topological polar surface area (TPSA) is 116 Å². The molecular formula is C25H27F2N5O5S2. The van der Waals surface area contributed by atoms with E-state index in [2.05, 4.69) is 22.1 Å². The fraction of sp³-hybridized carbons (Fsp3) is 0.320. The van der Waals surface area contributed by atoms with Gasteiger partial charge in [0.05, 0.1) is 23.3 Å². The largest absolute Gasteiger partial charge is 0.480 e. The highest BCUT2D eigenvalue weighted by molar-refractivity contribution is 7.99. The Labute approximate surface area is 232 Å². The number of methoxy groups -OCH3 is 1. The number of ether oxygens (including phenoxy) is 2. The highest BCUT2D eigenvalue weighted by Crippen LogP contribution is 2.35. The van der Waals surface area contributed by atoms with Gasteiger partial charge in [0.1, 0.15) is 10.8 Å². The van der Waals surface area contributed by atoms with Crippen LogP contribution in [0.25, 0.3) is 0 Å². The number of rotatable bonds is 11. The Kier molecular flexibility index (Phi) is 9.81. The number of carbonyl (C=O) groups is 3. The van der Waals surface area contributed by atoms with Crippen molar-refractivity contribution in [2.24, 2.45) is 0 Å². The Balaban J connectivity index is 1.77. The van der Waals surface area contributed by atoms with E-state index < -0.39 is 29.6 Å². The van der Waals surface area contributed by atoms with Gasteiger partial charge in [-0.3, -0.25) is 14.2 Å². The van der Waals surface area contributed by atoms with E-state index in [1.807, 2.05) is 0 Å². The van der Waals surface area contributed by atoms with Crippen LogP contribution in [0.3, 0.4) is 0 Å². The van der Waals surface area contributed by atoms with E-state index in [9.17, 15) is 23.2 Å². The monoisotopic (exact) mass is 579 g/mol. The smallest absolute Gasteiger partial charge is 0.341 e. The molecule has 3 rings (SSSR count). The Hall–Kier alpha value is -3.78. The molecule has 14 heteroatoms. The molecule has 2 aromatic heterocycles. The van der Waals surface area contributed by atoms with Crippen molar-refractivity contribution in [2.45, 2.75) is 31.7 Å². The van der Waals surface area contributed by atoms with E-state index in [1.165, 1.54) is 18.1 Å². The summed E-state index contributed by atoms with van der Waals surface area (Å²) in [5.74, 6) is -2.93. The zero-order chi connectivity index (χ0) is 28.9. The number of nitrogens with one attached hydrogen (secondary N) is 1. The van der Waals surface area contributed by atoms with Crippen LogP contribution in [0.2, 0.25) is 0 Å². The standard InChI is InChI=1S/C25H27F2N5O5S2/c1-7-10-32-21(14(3)37-17-9-8-15(26)11-16(17)27)29-30-25(32)38-12-18(33)28-22-19(24(35)36-6)13(2)20(39-22)23(34)31(4)5/h7-9,11,14H,1,10,12H2,2-6H3,(H,28,33). The summed E-state index contributed by atoms with van der Waals surface area (Å²) in [6.45, 7) is 7.25. The summed E-state index contributed by atoms with van der Waals surface area (Å²) in [6.07, 6.45) is 0.840. The van der Waals surface area contributed by atoms with Crippen LogP contribution in [-0.4, -0.2) is 64.4 Å². The molecule has 2 heterocycles. The molecule has 208 valence electrons. The molecule has 1 N–H and O–H groups in total. The molecule has 0 spiro atoms. The van der Waals surface area contributed by atoms with Crippen LogP contribution in [-0.2, 0) is 16.1 Å². The first-order valence-electron chi connectivity index (χ1n) is 11.5. The third-order valence-electron chi connectivity index (χ3n) is 5.34. The molecule has 0 saturated heterocycles. The van der Waals surface area contributed by atoms with Gasteiger partial charge in [0.2, 0.25) is 5.91 Å². The fourth-order valence-electron chi connectivity index (χ4n) is 3.47. The van der Waals surface area contributed by atoms with Crippen LogP contribution in [0.4, 0.5) is 13.8 Å². The van der Waals surface area contributed by atoms with Crippen LogP contribution in [0.15, 0.2) is 36.0 Å². The number of anilines is 1. The number of hydrogen-bond donors (Lipinski definition) is 1. The van der Waals surface area contributed by atoms with Crippen LogP contribution < -0.4 is 10.1 Å². The fourth-order valence-corrected chi connectivity index (χ4v) is 5.46. The maximum Gasteiger partial charge on any atom is 0.341 e. The molecule has 0 saturated carbocycles. The van der Waals surface area contributed by atoms with Crippen LogP contribution in [0.5, 0.6) is 5.75 Å². The van der Waals surface area contributed by atoms with Gasteiger partial charge in [-0.1, -0.05) is 17.8 Å². The highest BCUT2D eigenvalue weighted by atomic mass is 32.2. The molecule has 0 radical (unpaired) electrons. The second-order valence-electron chi connectivity index (χ2n) is 8.36. The van der Waals surface area contributed by atoms with Gasteiger partial charge in [-0.2, -0.15) is 0 Å². The number of nitrogens with zero attached hydrogens (tertiary/aromatic N) is 4. The van der Waals surface area contributed by atoms with Gasteiger partial charge in [-0.15, -0.1) is 28.1 Å². The average molecular weight is 580 g/mol. The van der Waals surface area contributed by atoms with Crippen LogP contribution in [0.1, 0.15) is 44.4 Å². The van der Waals surface area contributed by atoms with Crippen molar-refractivity contribution in [3.05, 3.63) is 64.3 Å². The second-order valence-corrected chi connectivity index (χ2v) is 10.3. The number of hydrogen-bond acceptors (Lipinski definition) is 9. The number of aromatic nitrogens is 3. The van der Waals surface area contributed by atoms with Crippen molar-refractivity contribution >= 4 is 45.9 Å². The van der Waals surface area contributed by atoms with Gasteiger partial charge in [0.15, 0.2) is 28.7 Å². The number of esters is 1. The van der Waals surface area contributed by atoms with Gasteiger partial charge in [-0.05, 0) is 31.5 Å². The van der Waals surface area contributed by atoms with Crippen molar-refractivity contribution in [2.75, 3.05) is 32.3 Å². The van der Waals surface area contributed by atoms with Gasteiger partial charge in [-0.25, -0.2) is 13.6 Å². The number of thioether (sulfide) groups is 1. The predicted molar refractivity (Wildman–Crippen MR) is 143 cm³/mol. The van der Waals surface area contributed by atoms with Crippen LogP contribution >= 0.6 is 23.1 Å². The Bertz CT molecular complexity index is 1410. The molecule has 0 aliphatic rings. The third-order valence-corrected chi connectivity index (χ3v) is 7.50. The Morgan fingerprint density at radius 1 is 1.28 bits per heavy atom. The molecule has 2 amide bonds. The molecule has 0 bridgehead atoms. The Morgan fingerprint density at radius 2 is 2.00 bits per heavy atom. The lowest BCUT2D eigenvalue weighted by molar-refractivity contribution is -0.113. The summed E-state index contributed by atoms with van der Waals surface area (Å²) in [7, 11) is 4.39. The van der Waals surface area contributed by atoms with Crippen LogP contribution in [0, 0.1) is 18.6 Å². The van der Waals surface area contributed by atoms with Crippen molar-refractivity contribution in [1.82, 2.24) is 19.7 Å². The summed E-state index contributed by atoms with van der Waals surface area (Å²) in [5.41, 5.74) is 0.526. The number of amides is 2. The maximum atomic E-state index is 14.1. The molecule has 3 aromatic rings. The van der Waals surface area contributed by atoms with E-state index in [4.69, 9.17) is 9.47 Å². The molecule has 1 atom stereocenters. The number of halogens is 2. The number of allylic oxidation sites excluding steroid dienone is 1. The zero-order valence-electron chi connectivity index (χ0n) is 21.9. The summed E-state index contributed by atoms with van der Waals surface area (Å²) in [6, 6.07) is 2.98. The van der Waals surface area contributed by atoms with E-state index in [0.29, 0.717) is 21.4 Å². The number of thiophene rings is 1. The first-order valence-corrected chi connectivity index (χ1v) is 13.3. The molecule has 1 aromatic carbocycles. The molecule has 0 fully saturated rings. The summed E-state index contributed by atoms with van der Waals surface area (Å²) in [4.78, 5) is 39.5. The van der Waals surface area contributed by atoms with E-state index >= 15 is 0 Å². The zero-order valence-corrected chi connectivity index (χ0v) is 23.5. The maximum absolute atomic E-state index is 14.1. The molecule has 1 unspecified atom stereocenters. The summed E-state index contributed by atoms with van der Waals surface area (Å²) < 4.78 is 39.4. The van der Waals surface area contributed by atoms with Crippen molar-refractivity contribution < 1.29 is 32.6 Å². The molecule has 10 nitrogen and oxygen atoms in total. The Morgan fingerprint density at radius 3 is 2.62 bits per heavy atom. The molecule has 0 aliphatic carbocycles. The van der Waals surface area contributed by atoms with Crippen molar-refractivity contribution in [3.8, 4) is 5.75 Å². The normalized spacial score (nSPS) is 11.6. The number of benzene rings is 1. The molecule has 0 aliphatic heterocycles. The van der Waals surface area contributed by atoms with Crippen molar-refractivity contribution in [1.29, 1.82) is 0 Å².